The Balaban J connectivity index is 1.81. The molecule has 26 heavy (non-hydrogen) atoms. The Labute approximate surface area is 157 Å². The number of hydrogen-bond acceptors (Lipinski definition) is 3. The normalized spacial score (nSPS) is 16.4. The lowest BCUT2D eigenvalue weighted by molar-refractivity contribution is -0.135. The van der Waals surface area contributed by atoms with E-state index in [-0.39, 0.29) is 11.8 Å². The van der Waals surface area contributed by atoms with Gasteiger partial charge in [0.15, 0.2) is 0 Å². The number of piperidine rings is 1. The number of rotatable bonds is 7. The van der Waals surface area contributed by atoms with Gasteiger partial charge in [0.2, 0.25) is 5.91 Å². The Morgan fingerprint density at radius 3 is 2.42 bits per heavy atom. The third kappa shape index (κ3) is 6.04. The summed E-state index contributed by atoms with van der Waals surface area (Å²) < 4.78 is 4.93. The number of nitrogens with one attached hydrogen (secondary N) is 1. The zero-order valence-electron chi connectivity index (χ0n) is 16.2. The molecule has 1 saturated heterocycles. The first kappa shape index (κ1) is 20.3. The fraction of sp³-hybridized carbons (Fsp3) is 0.619. The fourth-order valence-corrected chi connectivity index (χ4v) is 3.47. The Hall–Kier alpha value is -2.04. The summed E-state index contributed by atoms with van der Waals surface area (Å²) >= 11 is 0. The molecule has 1 heterocycles. The lowest BCUT2D eigenvalue weighted by atomic mass is 9.90. The van der Waals surface area contributed by atoms with E-state index in [9.17, 15) is 9.59 Å². The number of alkyl carbamates (subject to hydrolysis) is 1. The van der Waals surface area contributed by atoms with E-state index in [1.165, 1.54) is 12.0 Å². The van der Waals surface area contributed by atoms with Crippen LogP contribution in [-0.4, -0.2) is 42.6 Å². The highest BCUT2D eigenvalue weighted by molar-refractivity contribution is 5.86. The van der Waals surface area contributed by atoms with E-state index in [2.05, 4.69) is 29.6 Å². The van der Waals surface area contributed by atoms with Crippen LogP contribution < -0.4 is 5.32 Å². The third-order valence-corrected chi connectivity index (χ3v) is 5.09. The van der Waals surface area contributed by atoms with E-state index >= 15 is 0 Å². The van der Waals surface area contributed by atoms with Gasteiger partial charge in [0.05, 0.1) is 6.61 Å². The summed E-state index contributed by atoms with van der Waals surface area (Å²) in [6.07, 6.45) is 3.81. The molecule has 2 amide bonds. The van der Waals surface area contributed by atoms with Crippen molar-refractivity contribution in [1.82, 2.24) is 10.2 Å². The van der Waals surface area contributed by atoms with Crippen molar-refractivity contribution >= 4 is 12.0 Å². The first-order chi connectivity index (χ1) is 12.5. The second-order valence-corrected chi connectivity index (χ2v) is 7.38. The van der Waals surface area contributed by atoms with E-state index in [0.717, 1.165) is 32.4 Å². The largest absolute Gasteiger partial charge is 0.450 e. The molecule has 1 fully saturated rings. The van der Waals surface area contributed by atoms with Gasteiger partial charge in [-0.3, -0.25) is 4.79 Å². The van der Waals surface area contributed by atoms with Gasteiger partial charge in [-0.15, -0.1) is 0 Å². The van der Waals surface area contributed by atoms with Crippen LogP contribution >= 0.6 is 0 Å². The summed E-state index contributed by atoms with van der Waals surface area (Å²) in [5, 5.41) is 2.72. The number of likely N-dealkylation sites (tertiary alicyclic amines) is 1. The molecule has 144 valence electrons. The third-order valence-electron chi connectivity index (χ3n) is 5.09. The Kier molecular flexibility index (Phi) is 7.95. The Morgan fingerprint density at radius 1 is 1.19 bits per heavy atom. The van der Waals surface area contributed by atoms with Crippen LogP contribution in [0.25, 0.3) is 0 Å². The van der Waals surface area contributed by atoms with Crippen LogP contribution in [-0.2, 0) is 16.0 Å². The highest BCUT2D eigenvalue weighted by atomic mass is 16.5. The van der Waals surface area contributed by atoms with Gasteiger partial charge in [-0.2, -0.15) is 0 Å². The van der Waals surface area contributed by atoms with Crippen LogP contribution in [0.1, 0.15) is 45.6 Å². The van der Waals surface area contributed by atoms with E-state index < -0.39 is 12.1 Å². The molecule has 0 bridgehead atoms. The number of carbonyl (C=O) groups is 2. The minimum atomic E-state index is -0.519. The van der Waals surface area contributed by atoms with Crippen molar-refractivity contribution in [2.45, 2.75) is 52.5 Å². The Bertz CT molecular complexity index is 566. The fourth-order valence-electron chi connectivity index (χ4n) is 3.47. The van der Waals surface area contributed by atoms with Crippen molar-refractivity contribution < 1.29 is 14.3 Å². The summed E-state index contributed by atoms with van der Waals surface area (Å²) in [6.45, 7) is 7.49. The van der Waals surface area contributed by atoms with Crippen molar-refractivity contribution in [2.24, 2.45) is 11.8 Å². The molecule has 5 nitrogen and oxygen atoms in total. The molecule has 2 rings (SSSR count). The summed E-state index contributed by atoms with van der Waals surface area (Å²) in [5.41, 5.74) is 1.38. The molecule has 0 saturated carbocycles. The smallest absolute Gasteiger partial charge is 0.407 e. The quantitative estimate of drug-likeness (QED) is 0.808. The van der Waals surface area contributed by atoms with Crippen LogP contribution in [0.15, 0.2) is 30.3 Å². The Morgan fingerprint density at radius 2 is 1.85 bits per heavy atom. The van der Waals surface area contributed by atoms with E-state index in [1.807, 2.05) is 24.8 Å². The van der Waals surface area contributed by atoms with Gasteiger partial charge in [0, 0.05) is 13.1 Å². The zero-order chi connectivity index (χ0) is 18.9. The average Bonchev–Trinajstić information content (AvgIpc) is 2.65. The maximum atomic E-state index is 12.8. The second-order valence-electron chi connectivity index (χ2n) is 7.38. The van der Waals surface area contributed by atoms with Crippen LogP contribution in [0.4, 0.5) is 4.79 Å². The summed E-state index contributed by atoms with van der Waals surface area (Å²) in [6, 6.07) is 10.0. The average molecular weight is 360 g/mol. The van der Waals surface area contributed by atoms with Gasteiger partial charge in [-0.25, -0.2) is 4.79 Å². The SMILES string of the molecule is CCOC(=O)NC(C(=O)N1CCC(CCc2ccccc2)CC1)C(C)C. The number of hydrogen-bond donors (Lipinski definition) is 1. The molecular weight excluding hydrogens is 328 g/mol. The van der Waals surface area contributed by atoms with Crippen LogP contribution in [0.5, 0.6) is 0 Å². The van der Waals surface area contributed by atoms with Gasteiger partial charge < -0.3 is 15.0 Å². The standard InChI is InChI=1S/C21H32N2O3/c1-4-26-21(25)22-19(16(2)3)20(24)23-14-12-18(13-15-23)11-10-17-8-6-5-7-9-17/h5-9,16,18-19H,4,10-15H2,1-3H3,(H,22,25). The van der Waals surface area contributed by atoms with Crippen molar-refractivity contribution in [3.63, 3.8) is 0 Å². The molecule has 1 unspecified atom stereocenters. The highest BCUT2D eigenvalue weighted by Crippen LogP contribution is 2.23. The minimum absolute atomic E-state index is 0.00885. The molecule has 0 radical (unpaired) electrons. The van der Waals surface area contributed by atoms with Gasteiger partial charge in [0.25, 0.3) is 0 Å². The van der Waals surface area contributed by atoms with E-state index in [4.69, 9.17) is 4.74 Å². The molecule has 1 aliphatic heterocycles. The molecule has 0 spiro atoms. The van der Waals surface area contributed by atoms with Gasteiger partial charge in [0.1, 0.15) is 6.04 Å². The number of carbonyl (C=O) groups excluding carboxylic acids is 2. The van der Waals surface area contributed by atoms with Gasteiger partial charge in [-0.1, -0.05) is 44.2 Å². The monoisotopic (exact) mass is 360 g/mol. The minimum Gasteiger partial charge on any atom is -0.450 e. The van der Waals surface area contributed by atoms with Crippen LogP contribution in [0, 0.1) is 11.8 Å². The molecule has 1 aromatic rings. The first-order valence-electron chi connectivity index (χ1n) is 9.77. The van der Waals surface area contributed by atoms with Crippen LogP contribution in [0.2, 0.25) is 0 Å². The number of aryl methyl sites for hydroxylation is 1. The van der Waals surface area contributed by atoms with Crippen molar-refractivity contribution in [2.75, 3.05) is 19.7 Å². The predicted molar refractivity (Wildman–Crippen MR) is 103 cm³/mol. The summed E-state index contributed by atoms with van der Waals surface area (Å²) in [7, 11) is 0. The summed E-state index contributed by atoms with van der Waals surface area (Å²) in [4.78, 5) is 26.4. The molecular formula is C21H32N2O3. The van der Waals surface area contributed by atoms with Gasteiger partial charge >= 0.3 is 6.09 Å². The number of ether oxygens (including phenoxy) is 1. The predicted octanol–water partition coefficient (Wildman–Crippen LogP) is 3.63. The molecule has 1 N–H and O–H groups in total. The van der Waals surface area contributed by atoms with Crippen molar-refractivity contribution in [1.29, 1.82) is 0 Å². The molecule has 1 aliphatic rings. The highest BCUT2D eigenvalue weighted by Gasteiger charge is 2.31. The van der Waals surface area contributed by atoms with E-state index in [1.54, 1.807) is 6.92 Å². The molecule has 1 aromatic carbocycles. The van der Waals surface area contributed by atoms with Crippen LogP contribution in [0.3, 0.4) is 0 Å². The lowest BCUT2D eigenvalue weighted by Gasteiger charge is -2.35. The number of benzene rings is 1. The van der Waals surface area contributed by atoms with E-state index in [0.29, 0.717) is 12.5 Å². The number of nitrogens with zero attached hydrogens (tertiary/aromatic N) is 1. The second kappa shape index (κ2) is 10.2. The molecule has 5 heteroatoms. The van der Waals surface area contributed by atoms with Crippen molar-refractivity contribution in [3.8, 4) is 0 Å². The van der Waals surface area contributed by atoms with Gasteiger partial charge in [-0.05, 0) is 50.0 Å². The first-order valence-corrected chi connectivity index (χ1v) is 9.77. The summed E-state index contributed by atoms with van der Waals surface area (Å²) in [5.74, 6) is 0.701. The number of amides is 2. The molecule has 0 aromatic heterocycles. The zero-order valence-corrected chi connectivity index (χ0v) is 16.2. The molecule has 0 aliphatic carbocycles. The maximum absolute atomic E-state index is 12.8. The topological polar surface area (TPSA) is 58.6 Å². The lowest BCUT2D eigenvalue weighted by Crippen LogP contribution is -2.53. The van der Waals surface area contributed by atoms with Crippen molar-refractivity contribution in [3.05, 3.63) is 35.9 Å². The molecule has 1 atom stereocenters. The maximum Gasteiger partial charge on any atom is 0.407 e.